The highest BCUT2D eigenvalue weighted by Gasteiger charge is 2.22. The fourth-order valence-electron chi connectivity index (χ4n) is 2.03. The van der Waals surface area contributed by atoms with Crippen molar-refractivity contribution in [3.8, 4) is 6.07 Å². The van der Waals surface area contributed by atoms with Crippen LogP contribution in [0.25, 0.3) is 0 Å². The van der Waals surface area contributed by atoms with E-state index >= 15 is 0 Å². The van der Waals surface area contributed by atoms with E-state index in [9.17, 15) is 14.3 Å². The summed E-state index contributed by atoms with van der Waals surface area (Å²) in [5.74, 6) is -0.617. The minimum absolute atomic E-state index is 0.114. The summed E-state index contributed by atoms with van der Waals surface area (Å²) in [6.45, 7) is 0.868. The summed E-state index contributed by atoms with van der Waals surface area (Å²) >= 11 is 0. The average Bonchev–Trinajstić information content (AvgIpc) is 2.41. The van der Waals surface area contributed by atoms with Crippen molar-refractivity contribution in [1.29, 1.82) is 5.26 Å². The molecule has 1 aromatic rings. The maximum Gasteiger partial charge on any atom is 0.321 e. The highest BCUT2D eigenvalue weighted by atomic mass is 19.1. The van der Waals surface area contributed by atoms with E-state index in [1.165, 1.54) is 17.0 Å². The summed E-state index contributed by atoms with van der Waals surface area (Å²) in [4.78, 5) is 13.4. The van der Waals surface area contributed by atoms with Crippen LogP contribution in [0.4, 0.5) is 14.9 Å². The molecule has 1 aromatic carbocycles. The first-order valence-electron chi connectivity index (χ1n) is 6.04. The number of hydrogen-bond donors (Lipinski definition) is 2. The first kappa shape index (κ1) is 13.3. The molecule has 1 fully saturated rings. The van der Waals surface area contributed by atoms with Gasteiger partial charge in [-0.3, -0.25) is 0 Å². The van der Waals surface area contributed by atoms with E-state index in [0.29, 0.717) is 18.7 Å². The first-order valence-corrected chi connectivity index (χ1v) is 6.04. The van der Waals surface area contributed by atoms with Crippen LogP contribution in [0, 0.1) is 17.1 Å². The molecule has 0 spiro atoms. The molecule has 19 heavy (non-hydrogen) atoms. The fourth-order valence-corrected chi connectivity index (χ4v) is 2.03. The third-order valence-corrected chi connectivity index (χ3v) is 3.02. The molecule has 0 aliphatic carbocycles. The van der Waals surface area contributed by atoms with Crippen molar-refractivity contribution < 1.29 is 14.3 Å². The smallest absolute Gasteiger partial charge is 0.321 e. The van der Waals surface area contributed by atoms with E-state index in [1.54, 1.807) is 6.07 Å². The number of anilines is 1. The minimum Gasteiger partial charge on any atom is -0.391 e. The zero-order valence-electron chi connectivity index (χ0n) is 10.3. The molecule has 0 aromatic heterocycles. The number of piperidine rings is 1. The zero-order chi connectivity index (χ0) is 13.8. The van der Waals surface area contributed by atoms with Crippen LogP contribution in [-0.2, 0) is 0 Å². The van der Waals surface area contributed by atoms with Gasteiger partial charge in [-0.1, -0.05) is 0 Å². The molecule has 1 unspecified atom stereocenters. The number of β-amino-alcohol motifs (C(OH)–C–C–N with tert-alkyl or cyclic N) is 1. The van der Waals surface area contributed by atoms with Gasteiger partial charge >= 0.3 is 6.03 Å². The normalized spacial score (nSPS) is 18.8. The van der Waals surface area contributed by atoms with Gasteiger partial charge in [0.15, 0.2) is 0 Å². The minimum atomic E-state index is -0.617. The molecular weight excluding hydrogens is 249 g/mol. The number of benzene rings is 1. The lowest BCUT2D eigenvalue weighted by molar-refractivity contribution is 0.0883. The highest BCUT2D eigenvalue weighted by molar-refractivity contribution is 5.89. The molecule has 6 heteroatoms. The van der Waals surface area contributed by atoms with E-state index in [-0.39, 0.29) is 18.1 Å². The second kappa shape index (κ2) is 5.67. The Bertz CT molecular complexity index is 527. The van der Waals surface area contributed by atoms with E-state index in [0.717, 1.165) is 12.5 Å². The summed E-state index contributed by atoms with van der Waals surface area (Å²) in [5.41, 5.74) is 0.250. The number of likely N-dealkylation sites (tertiary alicyclic amines) is 1. The monoisotopic (exact) mass is 263 g/mol. The van der Waals surface area contributed by atoms with Gasteiger partial charge in [-0.05, 0) is 31.0 Å². The van der Waals surface area contributed by atoms with Crippen LogP contribution in [0.5, 0.6) is 0 Å². The average molecular weight is 263 g/mol. The number of aliphatic hydroxyl groups is 1. The fraction of sp³-hybridized carbons (Fsp3) is 0.385. The molecule has 0 radical (unpaired) electrons. The van der Waals surface area contributed by atoms with E-state index < -0.39 is 11.9 Å². The molecular formula is C13H14FN3O2. The van der Waals surface area contributed by atoms with Crippen LogP contribution < -0.4 is 5.32 Å². The standard InChI is InChI=1S/C13H14FN3O2/c14-12-4-3-10(6-9(12)7-15)16-13(19)17-5-1-2-11(18)8-17/h3-4,6,11,18H,1-2,5,8H2,(H,16,19). The molecule has 1 aliphatic heterocycles. The third kappa shape index (κ3) is 3.20. The molecule has 1 atom stereocenters. The molecule has 2 rings (SSSR count). The topological polar surface area (TPSA) is 76.4 Å². The summed E-state index contributed by atoms with van der Waals surface area (Å²) in [6.07, 6.45) is 0.947. The van der Waals surface area contributed by atoms with Crippen molar-refractivity contribution >= 4 is 11.7 Å². The lowest BCUT2D eigenvalue weighted by atomic mass is 10.1. The second-order valence-electron chi connectivity index (χ2n) is 4.48. The Hall–Kier alpha value is -2.13. The number of amides is 2. The largest absolute Gasteiger partial charge is 0.391 e. The van der Waals surface area contributed by atoms with Crippen LogP contribution in [0.2, 0.25) is 0 Å². The van der Waals surface area contributed by atoms with Gasteiger partial charge in [0.2, 0.25) is 0 Å². The van der Waals surface area contributed by atoms with Crippen molar-refractivity contribution in [1.82, 2.24) is 4.90 Å². The van der Waals surface area contributed by atoms with Gasteiger partial charge in [-0.15, -0.1) is 0 Å². The number of aliphatic hydroxyl groups excluding tert-OH is 1. The van der Waals surface area contributed by atoms with E-state index in [2.05, 4.69) is 5.32 Å². The van der Waals surface area contributed by atoms with Crippen LogP contribution in [-0.4, -0.2) is 35.2 Å². The number of hydrogen-bond acceptors (Lipinski definition) is 3. The Labute approximate surface area is 110 Å². The maximum absolute atomic E-state index is 13.1. The van der Waals surface area contributed by atoms with Gasteiger partial charge in [0.25, 0.3) is 0 Å². The molecule has 1 aliphatic rings. The number of nitrogens with zero attached hydrogens (tertiary/aromatic N) is 2. The first-order chi connectivity index (χ1) is 9.10. The third-order valence-electron chi connectivity index (χ3n) is 3.02. The molecule has 1 saturated heterocycles. The Morgan fingerprint density at radius 2 is 2.37 bits per heavy atom. The Kier molecular flexibility index (Phi) is 3.97. The number of nitrogens with one attached hydrogen (secondary N) is 1. The number of carbonyl (C=O) groups excluding carboxylic acids is 1. The van der Waals surface area contributed by atoms with Crippen molar-refractivity contribution in [2.75, 3.05) is 18.4 Å². The zero-order valence-corrected chi connectivity index (χ0v) is 10.3. The lowest BCUT2D eigenvalue weighted by Gasteiger charge is -2.30. The van der Waals surface area contributed by atoms with Crippen molar-refractivity contribution in [2.24, 2.45) is 0 Å². The second-order valence-corrected chi connectivity index (χ2v) is 4.48. The van der Waals surface area contributed by atoms with E-state index in [4.69, 9.17) is 5.26 Å². The van der Waals surface area contributed by atoms with Gasteiger partial charge in [-0.2, -0.15) is 5.26 Å². The Balaban J connectivity index is 2.04. The van der Waals surface area contributed by atoms with Gasteiger partial charge < -0.3 is 15.3 Å². The molecule has 1 heterocycles. The Morgan fingerprint density at radius 1 is 1.58 bits per heavy atom. The predicted octanol–water partition coefficient (Wildman–Crippen LogP) is 1.69. The SMILES string of the molecule is N#Cc1cc(NC(=O)N2CCCC(O)C2)ccc1F. The van der Waals surface area contributed by atoms with Gasteiger partial charge in [-0.25, -0.2) is 9.18 Å². The van der Waals surface area contributed by atoms with Gasteiger partial charge in [0, 0.05) is 18.8 Å². The quantitative estimate of drug-likeness (QED) is 0.809. The number of carbonyl (C=O) groups is 1. The van der Waals surface area contributed by atoms with Gasteiger partial charge in [0.1, 0.15) is 11.9 Å². The highest BCUT2D eigenvalue weighted by Crippen LogP contribution is 2.16. The van der Waals surface area contributed by atoms with Crippen LogP contribution in [0.1, 0.15) is 18.4 Å². The van der Waals surface area contributed by atoms with Crippen LogP contribution >= 0.6 is 0 Å². The van der Waals surface area contributed by atoms with E-state index in [1.807, 2.05) is 0 Å². The number of rotatable bonds is 1. The molecule has 2 amide bonds. The number of nitriles is 1. The Morgan fingerprint density at radius 3 is 3.05 bits per heavy atom. The maximum atomic E-state index is 13.1. The molecule has 2 N–H and O–H groups in total. The number of urea groups is 1. The molecule has 5 nitrogen and oxygen atoms in total. The van der Waals surface area contributed by atoms with Crippen molar-refractivity contribution in [2.45, 2.75) is 18.9 Å². The molecule has 0 bridgehead atoms. The van der Waals surface area contributed by atoms with Gasteiger partial charge in [0.05, 0.1) is 11.7 Å². The lowest BCUT2D eigenvalue weighted by Crippen LogP contribution is -2.44. The van der Waals surface area contributed by atoms with Crippen LogP contribution in [0.15, 0.2) is 18.2 Å². The van der Waals surface area contributed by atoms with Crippen LogP contribution in [0.3, 0.4) is 0 Å². The summed E-state index contributed by atoms with van der Waals surface area (Å²) in [7, 11) is 0. The molecule has 0 saturated carbocycles. The predicted molar refractivity (Wildman–Crippen MR) is 66.9 cm³/mol. The summed E-state index contributed by atoms with van der Waals surface area (Å²) < 4.78 is 13.1. The molecule has 100 valence electrons. The summed E-state index contributed by atoms with van der Waals surface area (Å²) in [5, 5.41) is 20.8. The number of halogens is 1. The summed E-state index contributed by atoms with van der Waals surface area (Å²) in [6, 6.07) is 5.18. The van der Waals surface area contributed by atoms with Crippen molar-refractivity contribution in [3.63, 3.8) is 0 Å². The van der Waals surface area contributed by atoms with Crippen molar-refractivity contribution in [3.05, 3.63) is 29.6 Å².